The summed E-state index contributed by atoms with van der Waals surface area (Å²) in [5.74, 6) is 0.0267. The number of carbonyl (C=O) groups is 2. The number of amides is 2. The number of thiazole rings is 1. The molecule has 0 aliphatic carbocycles. The van der Waals surface area contributed by atoms with Crippen LogP contribution in [0.3, 0.4) is 0 Å². The van der Waals surface area contributed by atoms with Gasteiger partial charge in [0.1, 0.15) is 9.88 Å². The average Bonchev–Trinajstić information content (AvgIpc) is 3.21. The molecule has 1 fully saturated rings. The van der Waals surface area contributed by atoms with Crippen molar-refractivity contribution in [1.82, 2.24) is 20.1 Å². The normalized spacial score (nSPS) is 15.4. The Bertz CT molecular complexity index is 920. The molecule has 2 amide bonds. The lowest BCUT2D eigenvalue weighted by Gasteiger charge is -2.33. The van der Waals surface area contributed by atoms with E-state index in [4.69, 9.17) is 11.6 Å². The van der Waals surface area contributed by atoms with E-state index in [0.29, 0.717) is 42.4 Å². The number of rotatable bonds is 7. The maximum Gasteiger partial charge on any atom is 0.265 e. The van der Waals surface area contributed by atoms with Crippen molar-refractivity contribution >= 4 is 34.8 Å². The van der Waals surface area contributed by atoms with E-state index < -0.39 is 0 Å². The van der Waals surface area contributed by atoms with Gasteiger partial charge in [-0.2, -0.15) is 0 Å². The number of likely N-dealkylation sites (tertiary alicyclic amines) is 1. The summed E-state index contributed by atoms with van der Waals surface area (Å²) in [6.07, 6.45) is 2.99. The lowest BCUT2D eigenvalue weighted by molar-refractivity contribution is -0.126. The lowest BCUT2D eigenvalue weighted by Crippen LogP contribution is -2.45. The van der Waals surface area contributed by atoms with E-state index in [1.165, 1.54) is 11.3 Å². The van der Waals surface area contributed by atoms with E-state index in [-0.39, 0.29) is 23.1 Å². The summed E-state index contributed by atoms with van der Waals surface area (Å²) in [5, 5.41) is 4.47. The molecule has 1 aliphatic rings. The minimum atomic E-state index is -0.0423. The monoisotopic (exact) mass is 462 g/mol. The standard InChI is InChI=1S/C23H31ClN4O2S/c1-23(2,15-27(3)4)14-26-20(29)16-9-11-28(12-10-16)22(30)19-13-25-21(31-19)17-7-5-6-8-18(17)24/h5-8,13,16H,9-12,14-15H2,1-4H3,(H,26,29). The second-order valence-corrected chi connectivity index (χ2v) is 10.6. The number of hydrogen-bond donors (Lipinski definition) is 1. The van der Waals surface area contributed by atoms with Gasteiger partial charge in [0, 0.05) is 37.7 Å². The Morgan fingerprint density at radius 1 is 1.26 bits per heavy atom. The highest BCUT2D eigenvalue weighted by Crippen LogP contribution is 2.32. The van der Waals surface area contributed by atoms with Gasteiger partial charge in [0.15, 0.2) is 0 Å². The summed E-state index contributed by atoms with van der Waals surface area (Å²) in [6, 6.07) is 7.49. The highest BCUT2D eigenvalue weighted by Gasteiger charge is 2.30. The zero-order valence-corrected chi connectivity index (χ0v) is 20.2. The topological polar surface area (TPSA) is 65.5 Å². The van der Waals surface area contributed by atoms with E-state index in [1.807, 2.05) is 43.3 Å². The SMILES string of the molecule is CN(C)CC(C)(C)CNC(=O)C1CCN(C(=O)c2cnc(-c3ccccc3Cl)s2)CC1. The molecular weight excluding hydrogens is 432 g/mol. The number of halogens is 1. The first-order valence-electron chi connectivity index (χ1n) is 10.6. The fraction of sp³-hybridized carbons (Fsp3) is 0.522. The molecule has 168 valence electrons. The molecule has 0 saturated carbocycles. The van der Waals surface area contributed by atoms with Crippen LogP contribution in [0.25, 0.3) is 10.6 Å². The molecule has 8 heteroatoms. The predicted molar refractivity (Wildman–Crippen MR) is 127 cm³/mol. The Balaban J connectivity index is 1.52. The molecule has 3 rings (SSSR count). The van der Waals surface area contributed by atoms with Crippen LogP contribution in [0.1, 0.15) is 36.4 Å². The molecule has 0 unspecified atom stereocenters. The quantitative estimate of drug-likeness (QED) is 0.674. The van der Waals surface area contributed by atoms with Crippen LogP contribution in [0.15, 0.2) is 30.5 Å². The van der Waals surface area contributed by atoms with Crippen molar-refractivity contribution in [2.24, 2.45) is 11.3 Å². The van der Waals surface area contributed by atoms with Gasteiger partial charge < -0.3 is 15.1 Å². The Labute approximate surface area is 193 Å². The lowest BCUT2D eigenvalue weighted by atomic mass is 9.91. The second kappa shape index (κ2) is 10.1. The third-order valence-electron chi connectivity index (χ3n) is 5.46. The number of benzene rings is 1. The van der Waals surface area contributed by atoms with Crippen LogP contribution in [0.4, 0.5) is 0 Å². The highest BCUT2D eigenvalue weighted by molar-refractivity contribution is 7.17. The van der Waals surface area contributed by atoms with Crippen LogP contribution in [-0.2, 0) is 4.79 Å². The van der Waals surface area contributed by atoms with Gasteiger partial charge in [0.2, 0.25) is 5.91 Å². The first-order chi connectivity index (χ1) is 14.7. The van der Waals surface area contributed by atoms with Crippen molar-refractivity contribution in [3.8, 4) is 10.6 Å². The highest BCUT2D eigenvalue weighted by atomic mass is 35.5. The van der Waals surface area contributed by atoms with Crippen LogP contribution < -0.4 is 5.32 Å². The zero-order chi connectivity index (χ0) is 22.6. The maximum atomic E-state index is 12.9. The van der Waals surface area contributed by atoms with Crippen molar-refractivity contribution in [2.45, 2.75) is 26.7 Å². The van der Waals surface area contributed by atoms with Crippen molar-refractivity contribution in [3.63, 3.8) is 0 Å². The first-order valence-corrected chi connectivity index (χ1v) is 11.8. The van der Waals surface area contributed by atoms with E-state index in [9.17, 15) is 9.59 Å². The first kappa shape index (κ1) is 23.7. The van der Waals surface area contributed by atoms with Crippen LogP contribution in [0.5, 0.6) is 0 Å². The van der Waals surface area contributed by atoms with E-state index >= 15 is 0 Å². The molecule has 1 aromatic heterocycles. The summed E-state index contributed by atoms with van der Waals surface area (Å²) in [4.78, 5) is 34.5. The fourth-order valence-corrected chi connectivity index (χ4v) is 5.22. The number of carbonyl (C=O) groups excluding carboxylic acids is 2. The van der Waals surface area contributed by atoms with Crippen molar-refractivity contribution in [1.29, 1.82) is 0 Å². The van der Waals surface area contributed by atoms with E-state index in [1.54, 1.807) is 6.20 Å². The molecule has 2 aromatic rings. The van der Waals surface area contributed by atoms with E-state index in [2.05, 4.69) is 29.0 Å². The largest absolute Gasteiger partial charge is 0.355 e. The van der Waals surface area contributed by atoms with Gasteiger partial charge >= 0.3 is 0 Å². The van der Waals surface area contributed by atoms with Gasteiger partial charge in [-0.1, -0.05) is 43.6 Å². The summed E-state index contributed by atoms with van der Waals surface area (Å²) in [7, 11) is 4.08. The number of nitrogens with one attached hydrogen (secondary N) is 1. The van der Waals surface area contributed by atoms with Crippen molar-refractivity contribution < 1.29 is 9.59 Å². The van der Waals surface area contributed by atoms with Crippen LogP contribution in [-0.4, -0.2) is 66.9 Å². The minimum Gasteiger partial charge on any atom is -0.355 e. The van der Waals surface area contributed by atoms with Gasteiger partial charge in [0.25, 0.3) is 5.91 Å². The molecule has 1 aliphatic heterocycles. The Morgan fingerprint density at radius 3 is 2.58 bits per heavy atom. The number of aromatic nitrogens is 1. The predicted octanol–water partition coefficient (Wildman–Crippen LogP) is 4.02. The van der Waals surface area contributed by atoms with Gasteiger partial charge in [-0.05, 0) is 38.4 Å². The van der Waals surface area contributed by atoms with Gasteiger partial charge in [-0.3, -0.25) is 9.59 Å². The zero-order valence-electron chi connectivity index (χ0n) is 18.7. The molecule has 6 nitrogen and oxygen atoms in total. The summed E-state index contributed by atoms with van der Waals surface area (Å²) < 4.78 is 0. The van der Waals surface area contributed by atoms with Crippen LogP contribution in [0.2, 0.25) is 5.02 Å². The third-order valence-corrected chi connectivity index (χ3v) is 6.81. The molecule has 31 heavy (non-hydrogen) atoms. The maximum absolute atomic E-state index is 12.9. The second-order valence-electron chi connectivity index (χ2n) is 9.20. The number of piperidine rings is 1. The summed E-state index contributed by atoms with van der Waals surface area (Å²) >= 11 is 7.61. The summed E-state index contributed by atoms with van der Waals surface area (Å²) in [6.45, 7) is 7.02. The Morgan fingerprint density at radius 2 is 1.94 bits per heavy atom. The third kappa shape index (κ3) is 6.28. The van der Waals surface area contributed by atoms with Gasteiger partial charge in [-0.25, -0.2) is 4.98 Å². The number of nitrogens with zero attached hydrogens (tertiary/aromatic N) is 3. The molecular formula is C23H31ClN4O2S. The molecule has 2 heterocycles. The van der Waals surface area contributed by atoms with Crippen molar-refractivity contribution in [2.75, 3.05) is 40.3 Å². The molecule has 0 bridgehead atoms. The van der Waals surface area contributed by atoms with Crippen LogP contribution >= 0.6 is 22.9 Å². The van der Waals surface area contributed by atoms with Gasteiger partial charge in [-0.15, -0.1) is 11.3 Å². The average molecular weight is 463 g/mol. The number of hydrogen-bond acceptors (Lipinski definition) is 5. The van der Waals surface area contributed by atoms with Gasteiger partial charge in [0.05, 0.1) is 11.2 Å². The molecule has 0 radical (unpaired) electrons. The smallest absolute Gasteiger partial charge is 0.265 e. The van der Waals surface area contributed by atoms with E-state index in [0.717, 1.165) is 17.1 Å². The Kier molecular flexibility index (Phi) is 7.73. The summed E-state index contributed by atoms with van der Waals surface area (Å²) in [5.41, 5.74) is 0.849. The van der Waals surface area contributed by atoms with Crippen molar-refractivity contribution in [3.05, 3.63) is 40.4 Å². The Hall–Kier alpha value is -1.96. The minimum absolute atomic E-state index is 0.0152. The molecule has 1 aromatic carbocycles. The van der Waals surface area contributed by atoms with Crippen LogP contribution in [0, 0.1) is 11.3 Å². The molecule has 1 N–H and O–H groups in total. The molecule has 1 saturated heterocycles. The molecule has 0 atom stereocenters. The fourth-order valence-electron chi connectivity index (χ4n) is 4.02. The molecule has 0 spiro atoms.